The Morgan fingerprint density at radius 2 is 2.11 bits per heavy atom. The van der Waals surface area contributed by atoms with Gasteiger partial charge < -0.3 is 5.32 Å². The van der Waals surface area contributed by atoms with E-state index in [2.05, 4.69) is 16.9 Å². The number of halogens is 2. The Morgan fingerprint density at radius 3 is 2.85 bits per heavy atom. The van der Waals surface area contributed by atoms with Gasteiger partial charge >= 0.3 is 0 Å². The first-order valence-corrected chi connectivity index (χ1v) is 9.34. The molecule has 0 unspecified atom stereocenters. The van der Waals surface area contributed by atoms with Gasteiger partial charge in [-0.25, -0.2) is 9.37 Å². The number of thioether (sulfide) groups is 1. The Balaban J connectivity index is 1.86. The summed E-state index contributed by atoms with van der Waals surface area (Å²) in [5.74, 6) is -0.960. The number of benzene rings is 2. The number of carbonyl (C=O) groups excluding carboxylic acids is 1. The molecule has 0 bridgehead atoms. The number of amides is 1. The number of anilines is 1. The highest BCUT2D eigenvalue weighted by molar-refractivity contribution is 7.99. The van der Waals surface area contributed by atoms with Crippen LogP contribution in [0.1, 0.15) is 0 Å². The summed E-state index contributed by atoms with van der Waals surface area (Å²) in [5.41, 5.74) is 0.309. The van der Waals surface area contributed by atoms with Gasteiger partial charge in [-0.3, -0.25) is 14.2 Å². The van der Waals surface area contributed by atoms with E-state index in [0.717, 1.165) is 11.8 Å². The molecule has 1 heterocycles. The molecule has 1 N–H and O–H groups in total. The summed E-state index contributed by atoms with van der Waals surface area (Å²) in [6, 6.07) is 10.7. The van der Waals surface area contributed by atoms with E-state index in [4.69, 9.17) is 11.6 Å². The van der Waals surface area contributed by atoms with Gasteiger partial charge in [0.15, 0.2) is 5.16 Å². The molecule has 3 aromatic rings. The van der Waals surface area contributed by atoms with E-state index in [0.29, 0.717) is 21.1 Å². The van der Waals surface area contributed by atoms with Crippen LogP contribution >= 0.6 is 23.4 Å². The lowest BCUT2D eigenvalue weighted by Gasteiger charge is -2.12. The average molecular weight is 404 g/mol. The molecule has 0 aliphatic carbocycles. The number of carbonyl (C=O) groups is 1. The van der Waals surface area contributed by atoms with Crippen molar-refractivity contribution >= 4 is 45.9 Å². The molecule has 5 nitrogen and oxygen atoms in total. The Kier molecular flexibility index (Phi) is 5.93. The molecule has 0 aliphatic heterocycles. The van der Waals surface area contributed by atoms with Crippen LogP contribution in [0.25, 0.3) is 10.9 Å². The van der Waals surface area contributed by atoms with E-state index in [1.165, 1.54) is 22.8 Å². The first-order chi connectivity index (χ1) is 13.0. The lowest BCUT2D eigenvalue weighted by atomic mass is 10.2. The number of rotatable bonds is 6. The van der Waals surface area contributed by atoms with Gasteiger partial charge in [-0.05, 0) is 30.3 Å². The Morgan fingerprint density at radius 1 is 1.33 bits per heavy atom. The smallest absolute Gasteiger partial charge is 0.262 e. The number of fused-ring (bicyclic) bond motifs is 1. The van der Waals surface area contributed by atoms with Gasteiger partial charge in [-0.1, -0.05) is 41.6 Å². The van der Waals surface area contributed by atoms with E-state index >= 15 is 0 Å². The topological polar surface area (TPSA) is 64.0 Å². The summed E-state index contributed by atoms with van der Waals surface area (Å²) in [6.07, 6.45) is 1.58. The van der Waals surface area contributed by atoms with E-state index in [1.54, 1.807) is 30.3 Å². The molecule has 2 aromatic carbocycles. The molecule has 27 heavy (non-hydrogen) atoms. The maximum absolute atomic E-state index is 13.6. The molecule has 0 fully saturated rings. The van der Waals surface area contributed by atoms with E-state index in [9.17, 15) is 14.0 Å². The van der Waals surface area contributed by atoms with Gasteiger partial charge in [0.2, 0.25) is 5.91 Å². The standard InChI is InChI=1S/C19H15ClFN3O2S/c1-2-9-24-18(26)13-8-7-12(20)10-16(13)23-19(24)27-11-17(25)22-15-6-4-3-5-14(15)21/h2-8,10H,1,9,11H2,(H,22,25). The van der Waals surface area contributed by atoms with E-state index in [1.807, 2.05) is 0 Å². The van der Waals surface area contributed by atoms with Crippen molar-refractivity contribution in [2.24, 2.45) is 0 Å². The Bertz CT molecular complexity index is 1080. The first kappa shape index (κ1) is 19.1. The zero-order chi connectivity index (χ0) is 19.4. The monoisotopic (exact) mass is 403 g/mol. The van der Waals surface area contributed by atoms with Crippen molar-refractivity contribution in [3.05, 3.63) is 76.3 Å². The molecule has 0 saturated heterocycles. The number of nitrogens with zero attached hydrogens (tertiary/aromatic N) is 2. The highest BCUT2D eigenvalue weighted by Crippen LogP contribution is 2.21. The van der Waals surface area contributed by atoms with Crippen LogP contribution in [-0.2, 0) is 11.3 Å². The van der Waals surface area contributed by atoms with Crippen LogP contribution in [0.2, 0.25) is 5.02 Å². The van der Waals surface area contributed by atoms with Crippen molar-refractivity contribution in [1.29, 1.82) is 0 Å². The quantitative estimate of drug-likeness (QED) is 0.382. The molecular formula is C19H15ClFN3O2S. The number of nitrogens with one attached hydrogen (secondary N) is 1. The summed E-state index contributed by atoms with van der Waals surface area (Å²) in [4.78, 5) is 29.3. The maximum atomic E-state index is 13.6. The molecule has 0 saturated carbocycles. The molecule has 0 spiro atoms. The van der Waals surface area contributed by atoms with Crippen LogP contribution in [0.15, 0.2) is 65.1 Å². The van der Waals surface area contributed by atoms with Crippen LogP contribution < -0.4 is 10.9 Å². The van der Waals surface area contributed by atoms with Gasteiger partial charge in [-0.15, -0.1) is 6.58 Å². The third kappa shape index (κ3) is 4.37. The molecule has 1 amide bonds. The summed E-state index contributed by atoms with van der Waals surface area (Å²) < 4.78 is 15.1. The Hall–Kier alpha value is -2.64. The third-order valence-electron chi connectivity index (χ3n) is 3.67. The second-order valence-corrected chi connectivity index (χ2v) is 6.96. The number of hydrogen-bond donors (Lipinski definition) is 1. The minimum atomic E-state index is -0.516. The largest absolute Gasteiger partial charge is 0.323 e. The first-order valence-electron chi connectivity index (χ1n) is 7.98. The van der Waals surface area contributed by atoms with Gasteiger partial charge in [0.05, 0.1) is 22.3 Å². The second-order valence-electron chi connectivity index (χ2n) is 5.58. The summed E-state index contributed by atoms with van der Waals surface area (Å²) in [5, 5.41) is 3.76. The van der Waals surface area contributed by atoms with Crippen LogP contribution in [0.5, 0.6) is 0 Å². The molecule has 0 atom stereocenters. The average Bonchev–Trinajstić information content (AvgIpc) is 2.64. The van der Waals surface area contributed by atoms with Gasteiger partial charge in [0.25, 0.3) is 5.56 Å². The lowest BCUT2D eigenvalue weighted by Crippen LogP contribution is -2.24. The van der Waals surface area contributed by atoms with Gasteiger partial charge in [0, 0.05) is 11.6 Å². The van der Waals surface area contributed by atoms with Crippen LogP contribution in [-0.4, -0.2) is 21.2 Å². The highest BCUT2D eigenvalue weighted by atomic mass is 35.5. The zero-order valence-electron chi connectivity index (χ0n) is 14.1. The van der Waals surface area contributed by atoms with Crippen molar-refractivity contribution < 1.29 is 9.18 Å². The fraction of sp³-hybridized carbons (Fsp3) is 0.105. The number of para-hydroxylation sites is 1. The molecule has 1 aromatic heterocycles. The van der Waals surface area contributed by atoms with Crippen LogP contribution in [0, 0.1) is 5.82 Å². The Labute approximate surface area is 163 Å². The lowest BCUT2D eigenvalue weighted by molar-refractivity contribution is -0.113. The fourth-order valence-corrected chi connectivity index (χ4v) is 3.43. The predicted octanol–water partition coefficient (Wildman–Crippen LogP) is 4.11. The molecule has 0 aliphatic rings. The van der Waals surface area contributed by atoms with Gasteiger partial charge in [0.1, 0.15) is 5.82 Å². The van der Waals surface area contributed by atoms with Crippen molar-refractivity contribution in [3.8, 4) is 0 Å². The molecule has 3 rings (SSSR count). The van der Waals surface area contributed by atoms with E-state index in [-0.39, 0.29) is 23.5 Å². The predicted molar refractivity (Wildman–Crippen MR) is 107 cm³/mol. The van der Waals surface area contributed by atoms with Crippen LogP contribution in [0.4, 0.5) is 10.1 Å². The normalized spacial score (nSPS) is 10.7. The molecular weight excluding hydrogens is 389 g/mol. The fourth-order valence-electron chi connectivity index (χ4n) is 2.45. The number of aromatic nitrogens is 2. The van der Waals surface area contributed by atoms with Crippen LogP contribution in [0.3, 0.4) is 0 Å². The van der Waals surface area contributed by atoms with Crippen molar-refractivity contribution in [2.75, 3.05) is 11.1 Å². The third-order valence-corrected chi connectivity index (χ3v) is 4.89. The summed E-state index contributed by atoms with van der Waals surface area (Å²) in [7, 11) is 0. The van der Waals surface area contributed by atoms with E-state index < -0.39 is 11.7 Å². The molecule has 138 valence electrons. The van der Waals surface area contributed by atoms with Crippen molar-refractivity contribution in [2.45, 2.75) is 11.7 Å². The minimum Gasteiger partial charge on any atom is -0.323 e. The number of allylic oxidation sites excluding steroid dienone is 1. The highest BCUT2D eigenvalue weighted by Gasteiger charge is 2.14. The van der Waals surface area contributed by atoms with Crippen molar-refractivity contribution in [1.82, 2.24) is 9.55 Å². The van der Waals surface area contributed by atoms with Gasteiger partial charge in [-0.2, -0.15) is 0 Å². The maximum Gasteiger partial charge on any atom is 0.262 e. The SMILES string of the molecule is C=CCn1c(SCC(=O)Nc2ccccc2F)nc2cc(Cl)ccc2c1=O. The minimum absolute atomic E-state index is 0.0377. The second kappa shape index (κ2) is 8.37. The summed E-state index contributed by atoms with van der Waals surface area (Å²) >= 11 is 7.07. The molecule has 0 radical (unpaired) electrons. The number of hydrogen-bond acceptors (Lipinski definition) is 4. The summed E-state index contributed by atoms with van der Waals surface area (Å²) in [6.45, 7) is 3.91. The zero-order valence-corrected chi connectivity index (χ0v) is 15.7. The molecule has 8 heteroatoms. The van der Waals surface area contributed by atoms with Crippen molar-refractivity contribution in [3.63, 3.8) is 0 Å².